The van der Waals surface area contributed by atoms with E-state index in [0.717, 1.165) is 0 Å². The van der Waals surface area contributed by atoms with E-state index in [1.165, 1.54) is 7.11 Å². The maximum absolute atomic E-state index is 12.1. The second-order valence-corrected chi connectivity index (χ2v) is 5.70. The van der Waals surface area contributed by atoms with E-state index >= 15 is 0 Å². The van der Waals surface area contributed by atoms with E-state index < -0.39 is 5.60 Å². The molecule has 0 aromatic heterocycles. The molecule has 2 rings (SSSR count). The molecule has 0 unspecified atom stereocenters. The molecular formula is C13H19NO4. The summed E-state index contributed by atoms with van der Waals surface area (Å²) in [5, 5.41) is 0. The molecule has 5 heteroatoms. The number of amides is 1. The van der Waals surface area contributed by atoms with Crippen LogP contribution in [-0.4, -0.2) is 41.8 Å². The van der Waals surface area contributed by atoms with Crippen molar-refractivity contribution in [1.82, 2.24) is 4.90 Å². The zero-order valence-electron chi connectivity index (χ0n) is 11.2. The van der Waals surface area contributed by atoms with E-state index in [1.807, 2.05) is 32.9 Å². The summed E-state index contributed by atoms with van der Waals surface area (Å²) in [5.41, 5.74) is -0.528. The SMILES string of the molecule is COC(=O)[C@@H]1C[C@H]2C=C[C@@H]1N2C(=O)OC(C)(C)C. The summed E-state index contributed by atoms with van der Waals surface area (Å²) >= 11 is 0. The molecular weight excluding hydrogens is 234 g/mol. The second kappa shape index (κ2) is 4.30. The van der Waals surface area contributed by atoms with Gasteiger partial charge in [0.2, 0.25) is 0 Å². The molecule has 5 nitrogen and oxygen atoms in total. The number of fused-ring (bicyclic) bond motifs is 2. The smallest absolute Gasteiger partial charge is 0.411 e. The number of hydrogen-bond donors (Lipinski definition) is 0. The van der Waals surface area contributed by atoms with Crippen molar-refractivity contribution in [1.29, 1.82) is 0 Å². The Kier molecular flexibility index (Phi) is 3.09. The van der Waals surface area contributed by atoms with Gasteiger partial charge in [-0.05, 0) is 27.2 Å². The summed E-state index contributed by atoms with van der Waals surface area (Å²) in [6.07, 6.45) is 4.09. The van der Waals surface area contributed by atoms with E-state index in [4.69, 9.17) is 9.47 Å². The minimum absolute atomic E-state index is 0.0473. The maximum atomic E-state index is 12.1. The fourth-order valence-corrected chi connectivity index (χ4v) is 2.53. The lowest BCUT2D eigenvalue weighted by atomic mass is 9.94. The summed E-state index contributed by atoms with van der Waals surface area (Å²) < 4.78 is 10.1. The first kappa shape index (κ1) is 12.9. The van der Waals surface area contributed by atoms with E-state index in [0.29, 0.717) is 6.42 Å². The minimum atomic E-state index is -0.528. The standard InChI is InChI=1S/C13H19NO4/c1-13(2,3)18-12(16)14-8-5-6-10(14)9(7-8)11(15)17-4/h5-6,8-10H,7H2,1-4H3/t8-,9-,10+/m1/s1. The van der Waals surface area contributed by atoms with E-state index in [1.54, 1.807) is 4.90 Å². The van der Waals surface area contributed by atoms with Crippen molar-refractivity contribution in [3.05, 3.63) is 12.2 Å². The van der Waals surface area contributed by atoms with Gasteiger partial charge in [-0.25, -0.2) is 4.79 Å². The highest BCUT2D eigenvalue weighted by Gasteiger charge is 2.50. The first-order valence-electron chi connectivity index (χ1n) is 6.11. The van der Waals surface area contributed by atoms with Gasteiger partial charge in [0.15, 0.2) is 0 Å². The summed E-state index contributed by atoms with van der Waals surface area (Å²) in [4.78, 5) is 25.3. The molecule has 18 heavy (non-hydrogen) atoms. The molecule has 2 bridgehead atoms. The number of esters is 1. The van der Waals surface area contributed by atoms with Crippen LogP contribution in [0.2, 0.25) is 0 Å². The van der Waals surface area contributed by atoms with Gasteiger partial charge in [-0.2, -0.15) is 0 Å². The average Bonchev–Trinajstić information content (AvgIpc) is 2.82. The molecule has 0 N–H and O–H groups in total. The average molecular weight is 253 g/mol. The largest absolute Gasteiger partial charge is 0.469 e. The maximum Gasteiger partial charge on any atom is 0.411 e. The summed E-state index contributed by atoms with van der Waals surface area (Å²) in [7, 11) is 1.37. The van der Waals surface area contributed by atoms with Gasteiger partial charge < -0.3 is 9.47 Å². The van der Waals surface area contributed by atoms with Crippen molar-refractivity contribution in [2.45, 2.75) is 44.9 Å². The van der Waals surface area contributed by atoms with Crippen molar-refractivity contribution in [3.8, 4) is 0 Å². The molecule has 0 aromatic rings. The summed E-state index contributed by atoms with van der Waals surface area (Å²) in [5.74, 6) is -0.530. The molecule has 1 amide bonds. The fourth-order valence-electron chi connectivity index (χ4n) is 2.53. The third kappa shape index (κ3) is 2.21. The first-order valence-corrected chi connectivity index (χ1v) is 6.11. The van der Waals surface area contributed by atoms with E-state index in [9.17, 15) is 9.59 Å². The summed E-state index contributed by atoms with van der Waals surface area (Å²) in [6, 6.07) is -0.272. The van der Waals surface area contributed by atoms with Crippen LogP contribution in [0.3, 0.4) is 0 Å². The number of carbonyl (C=O) groups is 2. The van der Waals surface area contributed by atoms with Crippen LogP contribution in [0.1, 0.15) is 27.2 Å². The molecule has 100 valence electrons. The highest BCUT2D eigenvalue weighted by atomic mass is 16.6. The Hall–Kier alpha value is -1.52. The minimum Gasteiger partial charge on any atom is -0.469 e. The van der Waals surface area contributed by atoms with Crippen LogP contribution in [0.25, 0.3) is 0 Å². The third-order valence-corrected chi connectivity index (χ3v) is 3.22. The molecule has 2 aliphatic rings. The van der Waals surface area contributed by atoms with Gasteiger partial charge in [0, 0.05) is 0 Å². The number of nitrogens with zero attached hydrogens (tertiary/aromatic N) is 1. The van der Waals surface area contributed by atoms with Gasteiger partial charge >= 0.3 is 12.1 Å². The molecule has 0 aliphatic carbocycles. The Morgan fingerprint density at radius 2 is 1.94 bits per heavy atom. The highest BCUT2D eigenvalue weighted by Crippen LogP contribution is 2.38. The summed E-state index contributed by atoms with van der Waals surface area (Å²) in [6.45, 7) is 5.48. The Morgan fingerprint density at radius 3 is 2.50 bits per heavy atom. The van der Waals surface area contributed by atoms with Crippen LogP contribution >= 0.6 is 0 Å². The van der Waals surface area contributed by atoms with Gasteiger partial charge in [0.1, 0.15) is 5.60 Å². The second-order valence-electron chi connectivity index (χ2n) is 5.70. The molecule has 0 radical (unpaired) electrons. The van der Waals surface area contributed by atoms with Crippen LogP contribution in [0.15, 0.2) is 12.2 Å². The monoisotopic (exact) mass is 253 g/mol. The Morgan fingerprint density at radius 1 is 1.28 bits per heavy atom. The van der Waals surface area contributed by atoms with E-state index in [2.05, 4.69) is 0 Å². The van der Waals surface area contributed by atoms with Gasteiger partial charge in [-0.15, -0.1) is 0 Å². The zero-order chi connectivity index (χ0) is 13.5. The number of hydrogen-bond acceptors (Lipinski definition) is 4. The number of methoxy groups -OCH3 is 1. The predicted octanol–water partition coefficient (Wildman–Crippen LogP) is 1.72. The topological polar surface area (TPSA) is 55.8 Å². The first-order chi connectivity index (χ1) is 8.33. The van der Waals surface area contributed by atoms with Crippen LogP contribution in [0, 0.1) is 5.92 Å². The lowest BCUT2D eigenvalue weighted by Crippen LogP contribution is -2.41. The number of ether oxygens (including phenoxy) is 2. The van der Waals surface area contributed by atoms with Crippen molar-refractivity contribution in [2.24, 2.45) is 5.92 Å². The highest BCUT2D eigenvalue weighted by molar-refractivity contribution is 5.79. The van der Waals surface area contributed by atoms with Crippen molar-refractivity contribution >= 4 is 12.1 Å². The van der Waals surface area contributed by atoms with E-state index in [-0.39, 0.29) is 30.1 Å². The Labute approximate surface area is 107 Å². The quantitative estimate of drug-likeness (QED) is 0.527. The van der Waals surface area contributed by atoms with Crippen LogP contribution in [-0.2, 0) is 14.3 Å². The van der Waals surface area contributed by atoms with Crippen LogP contribution < -0.4 is 0 Å². The lowest BCUT2D eigenvalue weighted by molar-refractivity contribution is -0.145. The van der Waals surface area contributed by atoms with Gasteiger partial charge in [0.05, 0.1) is 25.1 Å². The van der Waals surface area contributed by atoms with Crippen LogP contribution in [0.4, 0.5) is 4.79 Å². The van der Waals surface area contributed by atoms with Crippen LogP contribution in [0.5, 0.6) is 0 Å². The molecule has 1 saturated heterocycles. The predicted molar refractivity (Wildman–Crippen MR) is 64.9 cm³/mol. The van der Waals surface area contributed by atoms with Crippen molar-refractivity contribution < 1.29 is 19.1 Å². The zero-order valence-corrected chi connectivity index (χ0v) is 11.2. The fraction of sp³-hybridized carbons (Fsp3) is 0.692. The Balaban J connectivity index is 2.09. The number of carbonyl (C=O) groups excluding carboxylic acids is 2. The van der Waals surface area contributed by atoms with Gasteiger partial charge in [0.25, 0.3) is 0 Å². The van der Waals surface area contributed by atoms with Gasteiger partial charge in [-0.1, -0.05) is 12.2 Å². The normalized spacial score (nSPS) is 29.6. The lowest BCUT2D eigenvalue weighted by Gasteiger charge is -2.27. The third-order valence-electron chi connectivity index (χ3n) is 3.22. The van der Waals surface area contributed by atoms with Crippen molar-refractivity contribution in [2.75, 3.05) is 7.11 Å². The van der Waals surface area contributed by atoms with Crippen molar-refractivity contribution in [3.63, 3.8) is 0 Å². The molecule has 2 aliphatic heterocycles. The van der Waals surface area contributed by atoms with Gasteiger partial charge in [-0.3, -0.25) is 9.69 Å². The number of rotatable bonds is 1. The molecule has 2 heterocycles. The molecule has 0 saturated carbocycles. The molecule has 0 spiro atoms. The molecule has 3 atom stereocenters. The Bertz CT molecular complexity index is 396. The molecule has 1 fully saturated rings. The molecule has 0 aromatic carbocycles.